The molecule has 0 heterocycles. The molecule has 2 aromatic rings. The number of nitrogens with one attached hydrogen (secondary N) is 1. The summed E-state index contributed by atoms with van der Waals surface area (Å²) >= 11 is 3.30. The van der Waals surface area contributed by atoms with Crippen molar-refractivity contribution in [2.45, 2.75) is 6.92 Å². The van der Waals surface area contributed by atoms with Gasteiger partial charge in [0.2, 0.25) is 0 Å². The Bertz CT molecular complexity index is 643. The molecular weight excluding hydrogens is 311 g/mol. The Morgan fingerprint density at radius 2 is 2.00 bits per heavy atom. The van der Waals surface area contributed by atoms with E-state index in [4.69, 9.17) is 5.73 Å². The van der Waals surface area contributed by atoms with E-state index in [9.17, 15) is 9.18 Å². The molecule has 1 amide bonds. The SMILES string of the molecule is Cc1ccc(F)c(C(=O)Nc2cc(N)ccc2Br)c1. The van der Waals surface area contributed by atoms with Crippen LogP contribution in [0.3, 0.4) is 0 Å². The second-order valence-corrected chi connectivity index (χ2v) is 5.03. The highest BCUT2D eigenvalue weighted by Crippen LogP contribution is 2.25. The molecule has 0 bridgehead atoms. The van der Waals surface area contributed by atoms with Gasteiger partial charge >= 0.3 is 0 Å². The third-order valence-electron chi connectivity index (χ3n) is 2.61. The first-order valence-electron chi connectivity index (χ1n) is 5.60. The van der Waals surface area contributed by atoms with Gasteiger partial charge in [0.25, 0.3) is 5.91 Å². The average molecular weight is 323 g/mol. The van der Waals surface area contributed by atoms with Crippen molar-refractivity contribution in [1.82, 2.24) is 0 Å². The zero-order valence-corrected chi connectivity index (χ0v) is 11.8. The van der Waals surface area contributed by atoms with Crippen LogP contribution in [-0.4, -0.2) is 5.91 Å². The summed E-state index contributed by atoms with van der Waals surface area (Å²) in [5.74, 6) is -1.06. The van der Waals surface area contributed by atoms with Crippen LogP contribution in [-0.2, 0) is 0 Å². The van der Waals surface area contributed by atoms with Gasteiger partial charge in [-0.3, -0.25) is 4.79 Å². The highest BCUT2D eigenvalue weighted by Gasteiger charge is 2.13. The van der Waals surface area contributed by atoms with Crippen LogP contribution in [0.25, 0.3) is 0 Å². The minimum absolute atomic E-state index is 0.00863. The fourth-order valence-corrected chi connectivity index (χ4v) is 1.99. The molecule has 0 unspecified atom stereocenters. The van der Waals surface area contributed by atoms with Crippen molar-refractivity contribution in [1.29, 1.82) is 0 Å². The van der Waals surface area contributed by atoms with Crippen LogP contribution in [0, 0.1) is 12.7 Å². The Hall–Kier alpha value is -1.88. The van der Waals surface area contributed by atoms with E-state index in [-0.39, 0.29) is 5.56 Å². The molecule has 0 saturated carbocycles. The Labute approximate surface area is 118 Å². The van der Waals surface area contributed by atoms with E-state index >= 15 is 0 Å². The van der Waals surface area contributed by atoms with E-state index in [0.29, 0.717) is 15.8 Å². The third kappa shape index (κ3) is 3.12. The zero-order valence-electron chi connectivity index (χ0n) is 10.2. The maximum Gasteiger partial charge on any atom is 0.258 e. The molecule has 19 heavy (non-hydrogen) atoms. The van der Waals surface area contributed by atoms with Gasteiger partial charge in [-0.05, 0) is 53.2 Å². The summed E-state index contributed by atoms with van der Waals surface area (Å²) < 4.78 is 14.3. The van der Waals surface area contributed by atoms with Crippen molar-refractivity contribution < 1.29 is 9.18 Å². The first kappa shape index (κ1) is 13.5. The van der Waals surface area contributed by atoms with Crippen LogP contribution in [0.4, 0.5) is 15.8 Å². The second kappa shape index (κ2) is 5.40. The Kier molecular flexibility index (Phi) is 3.85. The van der Waals surface area contributed by atoms with Crippen LogP contribution in [0.5, 0.6) is 0 Å². The van der Waals surface area contributed by atoms with Crippen LogP contribution in [0.15, 0.2) is 40.9 Å². The van der Waals surface area contributed by atoms with E-state index in [0.717, 1.165) is 5.56 Å². The zero-order chi connectivity index (χ0) is 14.0. The summed E-state index contributed by atoms with van der Waals surface area (Å²) in [5.41, 5.74) is 7.50. The number of hydrogen-bond donors (Lipinski definition) is 2. The van der Waals surface area contributed by atoms with Gasteiger partial charge in [-0.1, -0.05) is 11.6 Å². The Morgan fingerprint density at radius 3 is 2.74 bits per heavy atom. The van der Waals surface area contributed by atoms with Crippen LogP contribution < -0.4 is 11.1 Å². The molecule has 0 fully saturated rings. The molecule has 2 rings (SSSR count). The maximum atomic E-state index is 13.6. The minimum Gasteiger partial charge on any atom is -0.399 e. The van der Waals surface area contributed by atoms with E-state index < -0.39 is 11.7 Å². The first-order chi connectivity index (χ1) is 8.97. The molecule has 0 aliphatic heterocycles. The lowest BCUT2D eigenvalue weighted by Crippen LogP contribution is -2.14. The lowest BCUT2D eigenvalue weighted by atomic mass is 10.1. The van der Waals surface area contributed by atoms with Crippen LogP contribution in [0.2, 0.25) is 0 Å². The maximum absolute atomic E-state index is 13.6. The predicted molar refractivity (Wildman–Crippen MR) is 77.6 cm³/mol. The van der Waals surface area contributed by atoms with Gasteiger partial charge < -0.3 is 11.1 Å². The van der Waals surface area contributed by atoms with Crippen LogP contribution in [0.1, 0.15) is 15.9 Å². The minimum atomic E-state index is -0.553. The molecule has 0 aromatic heterocycles. The highest BCUT2D eigenvalue weighted by atomic mass is 79.9. The number of aryl methyl sites for hydroxylation is 1. The lowest BCUT2D eigenvalue weighted by Gasteiger charge is -2.09. The number of carbonyl (C=O) groups is 1. The largest absolute Gasteiger partial charge is 0.399 e. The van der Waals surface area contributed by atoms with Crippen molar-refractivity contribution in [3.05, 3.63) is 57.8 Å². The number of rotatable bonds is 2. The van der Waals surface area contributed by atoms with Crippen molar-refractivity contribution in [3.63, 3.8) is 0 Å². The monoisotopic (exact) mass is 322 g/mol. The third-order valence-corrected chi connectivity index (χ3v) is 3.30. The van der Waals surface area contributed by atoms with Gasteiger partial charge in [-0.2, -0.15) is 0 Å². The number of anilines is 2. The molecule has 0 saturated heterocycles. The molecular formula is C14H12BrFN2O. The van der Waals surface area contributed by atoms with Gasteiger partial charge in [0, 0.05) is 10.2 Å². The number of nitrogens with two attached hydrogens (primary N) is 1. The average Bonchev–Trinajstić information content (AvgIpc) is 2.36. The summed E-state index contributed by atoms with van der Waals surface area (Å²) in [6, 6.07) is 9.42. The van der Waals surface area contributed by atoms with E-state index in [1.165, 1.54) is 12.1 Å². The number of benzene rings is 2. The fourth-order valence-electron chi connectivity index (χ4n) is 1.64. The molecule has 3 nitrogen and oxygen atoms in total. The van der Waals surface area contributed by atoms with Gasteiger partial charge in [-0.15, -0.1) is 0 Å². The number of carbonyl (C=O) groups excluding carboxylic acids is 1. The predicted octanol–water partition coefficient (Wildman–Crippen LogP) is 3.73. The standard InChI is InChI=1S/C14H12BrFN2O/c1-8-2-5-12(16)10(6-8)14(19)18-13-7-9(17)3-4-11(13)15/h2-7H,17H2,1H3,(H,18,19). The van der Waals surface area contributed by atoms with Gasteiger partial charge in [0.05, 0.1) is 11.3 Å². The van der Waals surface area contributed by atoms with E-state index in [1.807, 2.05) is 0 Å². The quantitative estimate of drug-likeness (QED) is 0.828. The molecule has 0 atom stereocenters. The normalized spacial score (nSPS) is 10.3. The molecule has 0 aliphatic carbocycles. The van der Waals surface area contributed by atoms with Crippen molar-refractivity contribution >= 4 is 33.2 Å². The van der Waals surface area contributed by atoms with Gasteiger partial charge in [0.1, 0.15) is 5.82 Å². The smallest absolute Gasteiger partial charge is 0.258 e. The van der Waals surface area contributed by atoms with Crippen molar-refractivity contribution in [3.8, 4) is 0 Å². The number of hydrogen-bond acceptors (Lipinski definition) is 2. The summed E-state index contributed by atoms with van der Waals surface area (Å²) in [5, 5.41) is 2.63. The summed E-state index contributed by atoms with van der Waals surface area (Å²) in [6.07, 6.45) is 0. The molecule has 3 N–H and O–H groups in total. The lowest BCUT2D eigenvalue weighted by molar-refractivity contribution is 0.102. The molecule has 0 aliphatic rings. The highest BCUT2D eigenvalue weighted by molar-refractivity contribution is 9.10. The first-order valence-corrected chi connectivity index (χ1v) is 6.39. The summed E-state index contributed by atoms with van der Waals surface area (Å²) in [4.78, 5) is 12.0. The Balaban J connectivity index is 2.30. The van der Waals surface area contributed by atoms with Gasteiger partial charge in [-0.25, -0.2) is 4.39 Å². The van der Waals surface area contributed by atoms with Crippen molar-refractivity contribution in [2.24, 2.45) is 0 Å². The Morgan fingerprint density at radius 1 is 1.26 bits per heavy atom. The molecule has 2 aromatic carbocycles. The van der Waals surface area contributed by atoms with Gasteiger partial charge in [0.15, 0.2) is 0 Å². The molecule has 5 heteroatoms. The summed E-state index contributed by atoms with van der Waals surface area (Å²) in [7, 11) is 0. The van der Waals surface area contributed by atoms with Crippen LogP contribution >= 0.6 is 15.9 Å². The topological polar surface area (TPSA) is 55.1 Å². The van der Waals surface area contributed by atoms with E-state index in [2.05, 4.69) is 21.2 Å². The number of nitrogen functional groups attached to an aromatic ring is 1. The fraction of sp³-hybridized carbons (Fsp3) is 0.0714. The summed E-state index contributed by atoms with van der Waals surface area (Å²) in [6.45, 7) is 1.80. The van der Waals surface area contributed by atoms with E-state index in [1.54, 1.807) is 31.2 Å². The number of amides is 1. The van der Waals surface area contributed by atoms with Crippen molar-refractivity contribution in [2.75, 3.05) is 11.1 Å². The molecule has 0 spiro atoms. The molecule has 0 radical (unpaired) electrons. The number of halogens is 2. The molecule has 98 valence electrons. The second-order valence-electron chi connectivity index (χ2n) is 4.18.